The van der Waals surface area contributed by atoms with Gasteiger partial charge in [0, 0.05) is 12.8 Å². The van der Waals surface area contributed by atoms with Crippen LogP contribution in [0.25, 0.3) is 0 Å². The van der Waals surface area contributed by atoms with Crippen molar-refractivity contribution < 1.29 is 17.9 Å². The van der Waals surface area contributed by atoms with E-state index in [9.17, 15) is 13.2 Å². The van der Waals surface area contributed by atoms with Gasteiger partial charge in [0.15, 0.2) is 0 Å². The second-order valence-corrected chi connectivity index (χ2v) is 9.66. The van der Waals surface area contributed by atoms with E-state index in [0.29, 0.717) is 5.75 Å². The Kier molecular flexibility index (Phi) is 5.94. The maximum absolute atomic E-state index is 13.9. The first-order valence-corrected chi connectivity index (χ1v) is 11.6. The maximum atomic E-state index is 13.9. The molecule has 160 valence electrons. The maximum Gasteiger partial charge on any atom is 0.244 e. The quantitative estimate of drug-likeness (QED) is 0.575. The zero-order valence-corrected chi connectivity index (χ0v) is 18.4. The van der Waals surface area contributed by atoms with Gasteiger partial charge in [-0.25, -0.2) is 8.42 Å². The molecule has 3 aromatic rings. The molecule has 4 rings (SSSR count). The number of nitrogens with zero attached hydrogens (tertiary/aromatic N) is 1. The number of benzene rings is 3. The minimum absolute atomic E-state index is 0.0389. The van der Waals surface area contributed by atoms with Crippen LogP contribution in [0.5, 0.6) is 5.75 Å². The van der Waals surface area contributed by atoms with E-state index in [4.69, 9.17) is 4.74 Å². The molecule has 6 heteroatoms. The Hall–Kier alpha value is -2.96. The van der Waals surface area contributed by atoms with Gasteiger partial charge in [-0.1, -0.05) is 60.2 Å². The number of piperidine rings is 1. The Balaban J connectivity index is 1.89. The summed E-state index contributed by atoms with van der Waals surface area (Å²) in [4.78, 5) is 13.0. The van der Waals surface area contributed by atoms with E-state index < -0.39 is 22.1 Å². The van der Waals surface area contributed by atoms with Crippen molar-refractivity contribution in [2.45, 2.75) is 36.7 Å². The van der Waals surface area contributed by atoms with Crippen LogP contribution in [0.2, 0.25) is 0 Å². The van der Waals surface area contributed by atoms with Gasteiger partial charge in [-0.2, -0.15) is 4.31 Å². The van der Waals surface area contributed by atoms with E-state index in [1.165, 1.54) is 4.31 Å². The lowest BCUT2D eigenvalue weighted by Crippen LogP contribution is -2.43. The molecule has 0 bridgehead atoms. The van der Waals surface area contributed by atoms with Crippen LogP contribution < -0.4 is 4.74 Å². The van der Waals surface area contributed by atoms with Crippen molar-refractivity contribution >= 4 is 15.8 Å². The van der Waals surface area contributed by atoms with Crippen molar-refractivity contribution in [3.8, 4) is 5.75 Å². The summed E-state index contributed by atoms with van der Waals surface area (Å²) < 4.78 is 34.7. The number of hydrogen-bond donors (Lipinski definition) is 0. The van der Waals surface area contributed by atoms with Crippen molar-refractivity contribution in [2.75, 3.05) is 7.11 Å². The van der Waals surface area contributed by atoms with Crippen LogP contribution >= 0.6 is 0 Å². The van der Waals surface area contributed by atoms with Crippen LogP contribution in [0, 0.1) is 6.92 Å². The fraction of sp³-hybridized carbons (Fsp3) is 0.240. The highest BCUT2D eigenvalue weighted by molar-refractivity contribution is 7.89. The topological polar surface area (TPSA) is 63.7 Å². The number of aryl methyl sites for hydroxylation is 1. The Morgan fingerprint density at radius 2 is 1.45 bits per heavy atom. The van der Waals surface area contributed by atoms with Gasteiger partial charge < -0.3 is 4.74 Å². The average molecular weight is 436 g/mol. The first kappa shape index (κ1) is 21.3. The second-order valence-electron chi connectivity index (χ2n) is 7.81. The Bertz CT molecular complexity index is 1170. The van der Waals surface area contributed by atoms with Gasteiger partial charge in [0.1, 0.15) is 11.5 Å². The third-order valence-electron chi connectivity index (χ3n) is 5.72. The van der Waals surface area contributed by atoms with Gasteiger partial charge in [0.25, 0.3) is 0 Å². The normalized spacial score (nSPS) is 19.9. The third kappa shape index (κ3) is 4.27. The fourth-order valence-electron chi connectivity index (χ4n) is 4.13. The lowest BCUT2D eigenvalue weighted by molar-refractivity contribution is -0.123. The highest BCUT2D eigenvalue weighted by Gasteiger charge is 2.44. The van der Waals surface area contributed by atoms with E-state index in [-0.39, 0.29) is 23.5 Å². The minimum Gasteiger partial charge on any atom is -0.497 e. The first-order valence-electron chi connectivity index (χ1n) is 10.2. The molecule has 2 atom stereocenters. The molecule has 1 saturated heterocycles. The Labute approximate surface area is 183 Å². The molecule has 3 aromatic carbocycles. The number of ether oxygens (including phenoxy) is 1. The zero-order valence-electron chi connectivity index (χ0n) is 17.6. The molecule has 1 aliphatic rings. The number of ketones is 1. The molecule has 0 saturated carbocycles. The van der Waals surface area contributed by atoms with Crippen LogP contribution in [0.4, 0.5) is 0 Å². The van der Waals surface area contributed by atoms with E-state index in [1.54, 1.807) is 31.4 Å². The van der Waals surface area contributed by atoms with Crippen molar-refractivity contribution in [2.24, 2.45) is 0 Å². The molecule has 0 aromatic heterocycles. The van der Waals surface area contributed by atoms with Crippen molar-refractivity contribution in [1.82, 2.24) is 4.31 Å². The molecule has 5 nitrogen and oxygen atoms in total. The monoisotopic (exact) mass is 435 g/mol. The van der Waals surface area contributed by atoms with Gasteiger partial charge in [0.05, 0.1) is 24.1 Å². The van der Waals surface area contributed by atoms with Gasteiger partial charge >= 0.3 is 0 Å². The van der Waals surface area contributed by atoms with Crippen molar-refractivity contribution in [3.05, 3.63) is 95.6 Å². The number of methoxy groups -OCH3 is 1. The number of sulfonamides is 1. The summed E-state index contributed by atoms with van der Waals surface area (Å²) in [7, 11) is -2.31. The van der Waals surface area contributed by atoms with Crippen molar-refractivity contribution in [3.63, 3.8) is 0 Å². The van der Waals surface area contributed by atoms with E-state index >= 15 is 0 Å². The number of carbonyl (C=O) groups excluding carboxylic acids is 1. The smallest absolute Gasteiger partial charge is 0.244 e. The Morgan fingerprint density at radius 3 is 2.10 bits per heavy atom. The molecule has 0 spiro atoms. The van der Waals surface area contributed by atoms with E-state index in [0.717, 1.165) is 16.7 Å². The number of Topliss-reactive ketones (excluding diaryl/α,β-unsaturated/α-hetero) is 1. The second kappa shape index (κ2) is 8.65. The van der Waals surface area contributed by atoms with E-state index in [1.807, 2.05) is 61.5 Å². The van der Waals surface area contributed by atoms with Crippen molar-refractivity contribution in [1.29, 1.82) is 0 Å². The molecular formula is C25H25NO4S. The number of rotatable bonds is 5. The van der Waals surface area contributed by atoms with Gasteiger partial charge in [-0.3, -0.25) is 4.79 Å². The summed E-state index contributed by atoms with van der Waals surface area (Å²) in [5.41, 5.74) is 2.53. The van der Waals surface area contributed by atoms with Crippen LogP contribution in [0.3, 0.4) is 0 Å². The van der Waals surface area contributed by atoms with Gasteiger partial charge in [0.2, 0.25) is 10.0 Å². The zero-order chi connectivity index (χ0) is 22.0. The van der Waals surface area contributed by atoms with E-state index in [2.05, 4.69) is 0 Å². The predicted molar refractivity (Wildman–Crippen MR) is 119 cm³/mol. The largest absolute Gasteiger partial charge is 0.497 e. The molecule has 1 heterocycles. The summed E-state index contributed by atoms with van der Waals surface area (Å²) in [5, 5.41) is 0. The summed E-state index contributed by atoms with van der Waals surface area (Å²) >= 11 is 0. The molecule has 1 fully saturated rings. The average Bonchev–Trinajstić information content (AvgIpc) is 2.79. The standard InChI is InChI=1S/C25H25NO4S/c1-18-11-13-23(14-12-18)31(28,29)26-24(19-7-4-3-5-8-19)16-21(27)17-25(26)20-9-6-10-22(15-20)30-2/h3-15,24-25H,16-17H2,1-2H3/t24-,25+/m0/s1. The lowest BCUT2D eigenvalue weighted by Gasteiger charge is -2.41. The van der Waals surface area contributed by atoms with Crippen LogP contribution in [-0.4, -0.2) is 25.6 Å². The highest BCUT2D eigenvalue weighted by atomic mass is 32.2. The predicted octanol–water partition coefficient (Wildman–Crippen LogP) is 4.84. The molecule has 0 unspecified atom stereocenters. The summed E-state index contributed by atoms with van der Waals surface area (Å²) in [5.74, 6) is 0.663. The van der Waals surface area contributed by atoms with Crippen LogP contribution in [-0.2, 0) is 14.8 Å². The van der Waals surface area contributed by atoms with Gasteiger partial charge in [-0.05, 0) is 42.3 Å². The molecule has 0 aliphatic carbocycles. The molecule has 1 aliphatic heterocycles. The lowest BCUT2D eigenvalue weighted by atomic mass is 9.89. The fourth-order valence-corrected chi connectivity index (χ4v) is 5.92. The van der Waals surface area contributed by atoms with Gasteiger partial charge in [-0.15, -0.1) is 0 Å². The van der Waals surface area contributed by atoms with Crippen LogP contribution in [0.15, 0.2) is 83.8 Å². The molecule has 31 heavy (non-hydrogen) atoms. The number of carbonyl (C=O) groups is 1. The van der Waals surface area contributed by atoms with Crippen LogP contribution in [0.1, 0.15) is 41.6 Å². The molecule has 0 amide bonds. The number of hydrogen-bond acceptors (Lipinski definition) is 4. The highest BCUT2D eigenvalue weighted by Crippen LogP contribution is 2.44. The summed E-state index contributed by atoms with van der Waals surface area (Å²) in [6, 6.07) is 22.3. The molecule has 0 radical (unpaired) electrons. The Morgan fingerprint density at radius 1 is 0.839 bits per heavy atom. The third-order valence-corrected chi connectivity index (χ3v) is 7.65. The first-order chi connectivity index (χ1) is 14.9. The molecular weight excluding hydrogens is 410 g/mol. The SMILES string of the molecule is COc1cccc([C@H]2CC(=O)C[C@@H](c3ccccc3)N2S(=O)(=O)c2ccc(C)cc2)c1. The molecule has 0 N–H and O–H groups in total. The summed E-state index contributed by atoms with van der Waals surface area (Å²) in [6.45, 7) is 1.92. The summed E-state index contributed by atoms with van der Waals surface area (Å²) in [6.07, 6.45) is 0.275. The minimum atomic E-state index is -3.88.